The van der Waals surface area contributed by atoms with Crippen molar-refractivity contribution < 1.29 is 30.6 Å². The van der Waals surface area contributed by atoms with Gasteiger partial charge in [0.1, 0.15) is 0 Å². The number of hydrogen-bond acceptors (Lipinski definition) is 6. The minimum atomic E-state index is -0.644. The van der Waals surface area contributed by atoms with E-state index < -0.39 is 16.2 Å². The summed E-state index contributed by atoms with van der Waals surface area (Å²) in [4.78, 5) is 0. The van der Waals surface area contributed by atoms with Gasteiger partial charge in [-0.1, -0.05) is 270 Å². The highest BCUT2D eigenvalue weighted by Gasteiger charge is 2.33. The molecule has 0 unspecified atom stereocenters. The maximum Gasteiger partial charge on any atom is 0.0512 e. The number of aliphatic hydroxyl groups is 6. The van der Waals surface area contributed by atoms with Crippen molar-refractivity contribution in [2.45, 2.75) is 290 Å². The van der Waals surface area contributed by atoms with Gasteiger partial charge in [-0.3, -0.25) is 0 Å². The second kappa shape index (κ2) is 42.8. The van der Waals surface area contributed by atoms with Crippen molar-refractivity contribution in [3.05, 3.63) is 34.9 Å². The van der Waals surface area contributed by atoms with Crippen molar-refractivity contribution in [2.75, 3.05) is 39.6 Å². The monoisotopic (exact) mass is 931 g/mol. The number of hydrogen-bond donors (Lipinski definition) is 6. The lowest BCUT2D eigenvalue weighted by molar-refractivity contribution is 0.0426. The third kappa shape index (κ3) is 30.6. The van der Waals surface area contributed by atoms with Gasteiger partial charge >= 0.3 is 0 Å². The fourth-order valence-corrected chi connectivity index (χ4v) is 10.7. The van der Waals surface area contributed by atoms with E-state index in [2.05, 4.69) is 39.0 Å². The standard InChI is InChI=1S/C60H114O6/c1-4-7-10-13-16-19-22-25-28-31-34-37-40-58(49-61,50-62)46-55-43-56(47-59(51-63,52-64)41-38-35-32-29-26-23-20-17-14-11-8-5-2)45-57(44-55)48-60(53-65,54-66)42-39-36-33-30-27-24-21-18-15-12-9-6-3/h43-45,61-66H,4-42,46-54H2,1-3H3. The Morgan fingerprint density at radius 1 is 0.242 bits per heavy atom. The van der Waals surface area contributed by atoms with Crippen LogP contribution in [0.4, 0.5) is 0 Å². The van der Waals surface area contributed by atoms with Gasteiger partial charge in [-0.15, -0.1) is 0 Å². The Labute approximate surface area is 410 Å². The smallest absolute Gasteiger partial charge is 0.0512 e. The van der Waals surface area contributed by atoms with Crippen LogP contribution >= 0.6 is 0 Å². The van der Waals surface area contributed by atoms with Gasteiger partial charge < -0.3 is 30.6 Å². The van der Waals surface area contributed by atoms with Gasteiger partial charge in [-0.05, 0) is 55.2 Å². The van der Waals surface area contributed by atoms with Crippen LogP contribution < -0.4 is 0 Å². The highest BCUT2D eigenvalue weighted by Crippen LogP contribution is 2.36. The molecule has 0 aliphatic rings. The molecule has 390 valence electrons. The molecular weight excluding hydrogens is 817 g/mol. The fraction of sp³-hybridized carbons (Fsp3) is 0.900. The minimum absolute atomic E-state index is 0.0898. The molecule has 0 aliphatic carbocycles. The molecule has 0 bridgehead atoms. The summed E-state index contributed by atoms with van der Waals surface area (Å²) < 4.78 is 0. The molecular formula is C60H114O6. The maximum absolute atomic E-state index is 10.9. The van der Waals surface area contributed by atoms with Crippen LogP contribution in [-0.4, -0.2) is 70.3 Å². The summed E-state index contributed by atoms with van der Waals surface area (Å²) in [7, 11) is 0. The van der Waals surface area contributed by atoms with E-state index in [0.29, 0.717) is 19.3 Å². The maximum atomic E-state index is 10.9. The molecule has 0 heterocycles. The fourth-order valence-electron chi connectivity index (χ4n) is 10.7. The third-order valence-electron chi connectivity index (χ3n) is 15.5. The van der Waals surface area contributed by atoms with E-state index in [1.807, 2.05) is 0 Å². The lowest BCUT2D eigenvalue weighted by atomic mass is 9.74. The van der Waals surface area contributed by atoms with E-state index in [1.54, 1.807) is 0 Å². The van der Waals surface area contributed by atoms with Crippen LogP contribution in [0.25, 0.3) is 0 Å². The number of rotatable bonds is 51. The van der Waals surface area contributed by atoms with Gasteiger partial charge in [-0.25, -0.2) is 0 Å². The zero-order valence-electron chi connectivity index (χ0n) is 44.4. The third-order valence-corrected chi connectivity index (χ3v) is 15.5. The molecule has 6 nitrogen and oxygen atoms in total. The van der Waals surface area contributed by atoms with Gasteiger partial charge in [-0.2, -0.15) is 0 Å². The van der Waals surface area contributed by atoms with Crippen molar-refractivity contribution in [3.8, 4) is 0 Å². The summed E-state index contributed by atoms with van der Waals surface area (Å²) in [5.74, 6) is 0. The van der Waals surface area contributed by atoms with E-state index in [1.165, 1.54) is 193 Å². The van der Waals surface area contributed by atoms with Crippen molar-refractivity contribution in [1.29, 1.82) is 0 Å². The molecule has 0 atom stereocenters. The molecule has 0 aliphatic heterocycles. The average molecular weight is 932 g/mol. The summed E-state index contributed by atoms with van der Waals surface area (Å²) in [5.41, 5.74) is 1.18. The summed E-state index contributed by atoms with van der Waals surface area (Å²) in [6, 6.07) is 6.54. The lowest BCUT2D eigenvalue weighted by Crippen LogP contribution is -2.34. The van der Waals surface area contributed by atoms with Crippen molar-refractivity contribution in [3.63, 3.8) is 0 Å². The number of benzene rings is 1. The van der Waals surface area contributed by atoms with Gasteiger partial charge in [0.25, 0.3) is 0 Å². The van der Waals surface area contributed by atoms with Crippen LogP contribution in [0.2, 0.25) is 0 Å². The first-order valence-electron chi connectivity index (χ1n) is 29.1. The molecule has 1 aromatic carbocycles. The molecule has 0 aromatic heterocycles. The quantitative estimate of drug-likeness (QED) is 0.0362. The zero-order valence-corrected chi connectivity index (χ0v) is 44.4. The van der Waals surface area contributed by atoms with Crippen LogP contribution in [0, 0.1) is 16.2 Å². The Kier molecular flexibility index (Phi) is 40.9. The van der Waals surface area contributed by atoms with Gasteiger partial charge in [0, 0.05) is 16.2 Å². The molecule has 0 saturated carbocycles. The Morgan fingerprint density at radius 2 is 0.394 bits per heavy atom. The van der Waals surface area contributed by atoms with E-state index in [-0.39, 0.29) is 39.6 Å². The molecule has 1 rings (SSSR count). The average Bonchev–Trinajstić information content (AvgIpc) is 3.33. The second-order valence-corrected chi connectivity index (χ2v) is 22.1. The van der Waals surface area contributed by atoms with Crippen molar-refractivity contribution in [1.82, 2.24) is 0 Å². The first-order valence-corrected chi connectivity index (χ1v) is 29.1. The van der Waals surface area contributed by atoms with Crippen LogP contribution in [-0.2, 0) is 19.3 Å². The van der Waals surface area contributed by atoms with Crippen molar-refractivity contribution >= 4 is 0 Å². The summed E-state index contributed by atoms with van der Waals surface area (Å²) in [6.07, 6.45) is 49.6. The predicted molar refractivity (Wildman–Crippen MR) is 284 cm³/mol. The Morgan fingerprint density at radius 3 is 0.545 bits per heavy atom. The van der Waals surface area contributed by atoms with Gasteiger partial charge in [0.15, 0.2) is 0 Å². The first kappa shape index (κ1) is 63.0. The summed E-state index contributed by atoms with van der Waals surface area (Å²) in [5, 5.41) is 65.2. The van der Waals surface area contributed by atoms with E-state index in [0.717, 1.165) is 74.5 Å². The number of unbranched alkanes of at least 4 members (excludes halogenated alkanes) is 33. The normalized spacial score (nSPS) is 12.5. The molecule has 0 spiro atoms. The largest absolute Gasteiger partial charge is 0.396 e. The Bertz CT molecular complexity index is 1020. The second-order valence-electron chi connectivity index (χ2n) is 22.1. The van der Waals surface area contributed by atoms with Crippen molar-refractivity contribution in [2.24, 2.45) is 16.2 Å². The lowest BCUT2D eigenvalue weighted by Gasteiger charge is -2.33. The van der Waals surface area contributed by atoms with Gasteiger partial charge in [0.2, 0.25) is 0 Å². The molecule has 0 saturated heterocycles. The van der Waals surface area contributed by atoms with E-state index in [4.69, 9.17) is 0 Å². The SMILES string of the molecule is CCCCCCCCCCCCCCC(CO)(CO)Cc1cc(CC(CO)(CO)CCCCCCCCCCCCCC)cc(CC(CO)(CO)CCCCCCCCCCCCCC)c1. The van der Waals surface area contributed by atoms with E-state index in [9.17, 15) is 30.6 Å². The molecule has 6 N–H and O–H groups in total. The minimum Gasteiger partial charge on any atom is -0.396 e. The first-order chi connectivity index (χ1) is 32.3. The van der Waals surface area contributed by atoms with E-state index >= 15 is 0 Å². The molecule has 0 radical (unpaired) electrons. The highest BCUT2D eigenvalue weighted by atomic mass is 16.3. The predicted octanol–water partition coefficient (Wildman–Crippen LogP) is 15.5. The zero-order chi connectivity index (χ0) is 48.3. The Balaban J connectivity index is 3.04. The topological polar surface area (TPSA) is 121 Å². The molecule has 0 fully saturated rings. The van der Waals surface area contributed by atoms with Crippen LogP contribution in [0.5, 0.6) is 0 Å². The summed E-state index contributed by atoms with van der Waals surface area (Å²) in [6.45, 7) is 6.27. The Hall–Kier alpha value is -1.02. The molecule has 6 heteroatoms. The van der Waals surface area contributed by atoms with Crippen LogP contribution in [0.3, 0.4) is 0 Å². The number of aliphatic hydroxyl groups excluding tert-OH is 6. The summed E-state index contributed by atoms with van der Waals surface area (Å²) >= 11 is 0. The van der Waals surface area contributed by atoms with Crippen LogP contribution in [0.1, 0.15) is 288 Å². The van der Waals surface area contributed by atoms with Gasteiger partial charge in [0.05, 0.1) is 39.6 Å². The van der Waals surface area contributed by atoms with Crippen LogP contribution in [0.15, 0.2) is 18.2 Å². The highest BCUT2D eigenvalue weighted by molar-refractivity contribution is 5.33. The molecule has 66 heavy (non-hydrogen) atoms. The molecule has 1 aromatic rings. The molecule has 0 amide bonds.